The molecule has 0 heterocycles. The van der Waals surface area contributed by atoms with Gasteiger partial charge in [0.1, 0.15) is 0 Å². The zero-order chi connectivity index (χ0) is 25.4. The summed E-state index contributed by atoms with van der Waals surface area (Å²) < 4.78 is 21.1. The second kappa shape index (κ2) is 11.4. The Balaban J connectivity index is 7.13. The number of carbonyl (C=O) groups is 4. The molecule has 10 heteroatoms. The molecule has 0 aliphatic heterocycles. The van der Waals surface area contributed by atoms with Crippen LogP contribution in [0.4, 0.5) is 0 Å². The summed E-state index contributed by atoms with van der Waals surface area (Å²) in [6, 6.07) is 0. The van der Waals surface area contributed by atoms with E-state index in [4.69, 9.17) is 18.9 Å². The summed E-state index contributed by atoms with van der Waals surface area (Å²) in [7, 11) is 0. The van der Waals surface area contributed by atoms with Crippen molar-refractivity contribution in [2.45, 2.75) is 52.1 Å². The molecule has 0 saturated heterocycles. The Kier molecular flexibility index (Phi) is 10.2. The summed E-state index contributed by atoms with van der Waals surface area (Å²) in [5.74, 6) is -7.34. The SMILES string of the molecule is C=C(C)C(=O)OC(C)C(OC(=O)C(=C)C)(OC(=O)C(=C)C)C(CO)(CO)OC(=O)C(=C)C. The van der Waals surface area contributed by atoms with E-state index in [9.17, 15) is 29.4 Å². The van der Waals surface area contributed by atoms with Crippen LogP contribution in [0.1, 0.15) is 34.6 Å². The molecular weight excluding hydrogens is 424 g/mol. The maximum Gasteiger partial charge on any atom is 0.338 e. The second-order valence-electron chi connectivity index (χ2n) is 7.32. The number of hydrogen-bond donors (Lipinski definition) is 2. The third-order valence-electron chi connectivity index (χ3n) is 4.14. The molecule has 0 aromatic heterocycles. The van der Waals surface area contributed by atoms with Gasteiger partial charge in [-0.1, -0.05) is 26.3 Å². The van der Waals surface area contributed by atoms with Crippen LogP contribution in [0.5, 0.6) is 0 Å². The first-order valence-corrected chi connectivity index (χ1v) is 9.35. The van der Waals surface area contributed by atoms with Gasteiger partial charge in [-0.2, -0.15) is 0 Å². The fraction of sp³-hybridized carbons (Fsp3) is 0.455. The van der Waals surface area contributed by atoms with Gasteiger partial charge in [0.2, 0.25) is 5.60 Å². The van der Waals surface area contributed by atoms with E-state index >= 15 is 0 Å². The largest absolute Gasteiger partial charge is 0.451 e. The van der Waals surface area contributed by atoms with Crippen LogP contribution in [0.25, 0.3) is 0 Å². The van der Waals surface area contributed by atoms with E-state index in [1.807, 2.05) is 0 Å². The topological polar surface area (TPSA) is 146 Å². The smallest absolute Gasteiger partial charge is 0.338 e. The highest BCUT2D eigenvalue weighted by Gasteiger charge is 2.66. The highest BCUT2D eigenvalue weighted by Crippen LogP contribution is 2.38. The van der Waals surface area contributed by atoms with Crippen LogP contribution in [0, 0.1) is 0 Å². The minimum atomic E-state index is -2.88. The quantitative estimate of drug-likeness (QED) is 0.191. The maximum absolute atomic E-state index is 12.5. The molecule has 0 aliphatic rings. The zero-order valence-corrected chi connectivity index (χ0v) is 19.0. The second-order valence-corrected chi connectivity index (χ2v) is 7.32. The van der Waals surface area contributed by atoms with Gasteiger partial charge in [0.15, 0.2) is 6.10 Å². The van der Waals surface area contributed by atoms with Crippen molar-refractivity contribution in [3.63, 3.8) is 0 Å². The number of ether oxygens (including phenoxy) is 4. The highest BCUT2D eigenvalue weighted by molar-refractivity contribution is 5.90. The summed E-state index contributed by atoms with van der Waals surface area (Å²) in [6.07, 6.45) is -1.74. The van der Waals surface area contributed by atoms with E-state index in [-0.39, 0.29) is 22.3 Å². The highest BCUT2D eigenvalue weighted by atomic mass is 16.8. The Morgan fingerprint density at radius 1 is 0.688 bits per heavy atom. The van der Waals surface area contributed by atoms with Crippen molar-refractivity contribution in [2.24, 2.45) is 0 Å². The van der Waals surface area contributed by atoms with Crippen molar-refractivity contribution in [2.75, 3.05) is 13.2 Å². The van der Waals surface area contributed by atoms with Crippen molar-refractivity contribution in [1.82, 2.24) is 0 Å². The van der Waals surface area contributed by atoms with E-state index < -0.39 is 54.6 Å². The third-order valence-corrected chi connectivity index (χ3v) is 4.14. The number of rotatable bonds is 12. The standard InChI is InChI=1S/C22H30O10/c1-12(2)17(25)29-16(9)22(31-19(27)14(5)6,32-20(28)15(7)8)21(10-23,11-24)30-18(26)13(3)4/h16,23-24H,1,3,5,7,10-11H2,2,4,6,8-9H3. The molecule has 32 heavy (non-hydrogen) atoms. The zero-order valence-electron chi connectivity index (χ0n) is 19.0. The summed E-state index contributed by atoms with van der Waals surface area (Å²) >= 11 is 0. The molecule has 0 fully saturated rings. The molecule has 0 bridgehead atoms. The van der Waals surface area contributed by atoms with E-state index in [0.717, 1.165) is 6.92 Å². The number of esters is 4. The fourth-order valence-electron chi connectivity index (χ4n) is 2.20. The van der Waals surface area contributed by atoms with Gasteiger partial charge < -0.3 is 29.2 Å². The summed E-state index contributed by atoms with van der Waals surface area (Å²) in [4.78, 5) is 49.6. The van der Waals surface area contributed by atoms with Crippen molar-refractivity contribution >= 4 is 23.9 Å². The molecule has 178 valence electrons. The molecule has 0 rings (SSSR count). The Morgan fingerprint density at radius 3 is 1.28 bits per heavy atom. The van der Waals surface area contributed by atoms with Crippen LogP contribution < -0.4 is 0 Å². The van der Waals surface area contributed by atoms with Crippen LogP contribution in [-0.2, 0) is 38.1 Å². The van der Waals surface area contributed by atoms with Crippen LogP contribution in [0.15, 0.2) is 48.6 Å². The van der Waals surface area contributed by atoms with E-state index in [2.05, 4.69) is 26.3 Å². The molecule has 0 spiro atoms. The molecule has 0 saturated carbocycles. The van der Waals surface area contributed by atoms with Crippen LogP contribution in [0.2, 0.25) is 0 Å². The van der Waals surface area contributed by atoms with Crippen molar-refractivity contribution in [1.29, 1.82) is 0 Å². The van der Waals surface area contributed by atoms with Crippen molar-refractivity contribution in [3.05, 3.63) is 48.6 Å². The molecule has 1 unspecified atom stereocenters. The number of aliphatic hydroxyl groups is 2. The summed E-state index contributed by atoms with van der Waals surface area (Å²) in [5.41, 5.74) is -3.24. The van der Waals surface area contributed by atoms with Crippen LogP contribution >= 0.6 is 0 Å². The Labute approximate surface area is 186 Å². The average Bonchev–Trinajstić information content (AvgIpc) is 2.70. The Morgan fingerprint density at radius 2 is 1.00 bits per heavy atom. The molecule has 0 aliphatic carbocycles. The Bertz CT molecular complexity index is 804. The van der Waals surface area contributed by atoms with E-state index in [1.54, 1.807) is 0 Å². The Hall–Kier alpha value is -3.24. The van der Waals surface area contributed by atoms with Gasteiger partial charge in [0.05, 0.1) is 13.2 Å². The van der Waals surface area contributed by atoms with Crippen molar-refractivity contribution in [3.8, 4) is 0 Å². The molecule has 0 radical (unpaired) electrons. The minimum absolute atomic E-state index is 0.0688. The van der Waals surface area contributed by atoms with Crippen LogP contribution in [-0.4, -0.2) is 64.8 Å². The van der Waals surface area contributed by atoms with Gasteiger partial charge in [0, 0.05) is 22.3 Å². The average molecular weight is 454 g/mol. The first kappa shape index (κ1) is 28.8. The lowest BCUT2D eigenvalue weighted by Crippen LogP contribution is -2.70. The minimum Gasteiger partial charge on any atom is -0.451 e. The normalized spacial score (nSPS) is 12.1. The van der Waals surface area contributed by atoms with Crippen LogP contribution in [0.3, 0.4) is 0 Å². The molecule has 1 atom stereocenters. The van der Waals surface area contributed by atoms with Gasteiger partial charge in [-0.05, 0) is 34.6 Å². The van der Waals surface area contributed by atoms with Crippen molar-refractivity contribution < 1.29 is 48.3 Å². The lowest BCUT2D eigenvalue weighted by atomic mass is 9.88. The van der Waals surface area contributed by atoms with E-state index in [1.165, 1.54) is 27.7 Å². The van der Waals surface area contributed by atoms with Gasteiger partial charge in [0.25, 0.3) is 0 Å². The molecule has 0 amide bonds. The first-order chi connectivity index (χ1) is 14.6. The summed E-state index contributed by atoms with van der Waals surface area (Å²) in [5, 5.41) is 20.4. The fourth-order valence-corrected chi connectivity index (χ4v) is 2.20. The van der Waals surface area contributed by atoms with Gasteiger partial charge in [-0.15, -0.1) is 0 Å². The number of aliphatic hydroxyl groups excluding tert-OH is 2. The number of carbonyl (C=O) groups excluding carboxylic acids is 4. The molecular formula is C22H30O10. The van der Waals surface area contributed by atoms with Gasteiger partial charge in [-0.25, -0.2) is 19.2 Å². The monoisotopic (exact) mass is 454 g/mol. The number of hydrogen-bond acceptors (Lipinski definition) is 10. The molecule has 0 aromatic rings. The van der Waals surface area contributed by atoms with Gasteiger partial charge >= 0.3 is 29.7 Å². The van der Waals surface area contributed by atoms with E-state index in [0.29, 0.717) is 0 Å². The molecule has 0 aromatic carbocycles. The summed E-state index contributed by atoms with van der Waals surface area (Å²) in [6.45, 7) is 17.5. The molecule has 2 N–H and O–H groups in total. The third kappa shape index (κ3) is 6.38. The first-order valence-electron chi connectivity index (χ1n) is 9.35. The molecule has 10 nitrogen and oxygen atoms in total. The lowest BCUT2D eigenvalue weighted by Gasteiger charge is -2.47. The lowest BCUT2D eigenvalue weighted by molar-refractivity contribution is -0.336. The predicted molar refractivity (Wildman–Crippen MR) is 113 cm³/mol. The maximum atomic E-state index is 12.5. The van der Waals surface area contributed by atoms with Gasteiger partial charge in [-0.3, -0.25) is 0 Å². The predicted octanol–water partition coefficient (Wildman–Crippen LogP) is 1.27.